The summed E-state index contributed by atoms with van der Waals surface area (Å²) < 4.78 is 11.0. The number of carbonyl (C=O) groups excluding carboxylic acids is 2. The quantitative estimate of drug-likeness (QED) is 0.167. The number of benzene rings is 2. The van der Waals surface area contributed by atoms with Crippen LogP contribution in [0.5, 0.6) is 0 Å². The summed E-state index contributed by atoms with van der Waals surface area (Å²) in [6.45, 7) is 17.2. The smallest absolute Gasteiger partial charge is 0.338 e. The van der Waals surface area contributed by atoms with Gasteiger partial charge in [0, 0.05) is 17.5 Å². The van der Waals surface area contributed by atoms with Crippen LogP contribution in [-0.2, 0) is 9.47 Å². The van der Waals surface area contributed by atoms with E-state index < -0.39 is 5.97 Å². The second kappa shape index (κ2) is 16.1. The van der Waals surface area contributed by atoms with Crippen LogP contribution >= 0.6 is 0 Å². The van der Waals surface area contributed by atoms with Gasteiger partial charge in [0.05, 0.1) is 23.8 Å². The molecular formula is C35H48O6. The lowest BCUT2D eigenvalue weighted by atomic mass is 9.83. The third kappa shape index (κ3) is 12.3. The minimum absolute atomic E-state index is 0.158. The third-order valence-corrected chi connectivity index (χ3v) is 7.50. The van der Waals surface area contributed by atoms with Crippen LogP contribution in [-0.4, -0.2) is 35.5 Å². The molecule has 0 bridgehead atoms. The lowest BCUT2D eigenvalue weighted by Gasteiger charge is -2.25. The summed E-state index contributed by atoms with van der Waals surface area (Å²) in [6.07, 6.45) is 7.24. The van der Waals surface area contributed by atoms with Crippen molar-refractivity contribution in [1.29, 1.82) is 0 Å². The van der Waals surface area contributed by atoms with Gasteiger partial charge in [0.1, 0.15) is 5.76 Å². The molecule has 2 aromatic rings. The summed E-state index contributed by atoms with van der Waals surface area (Å²) in [7, 11) is 0. The Labute approximate surface area is 246 Å². The van der Waals surface area contributed by atoms with Crippen LogP contribution in [0.4, 0.5) is 0 Å². The van der Waals surface area contributed by atoms with Crippen LogP contribution in [0.3, 0.4) is 0 Å². The number of esters is 1. The van der Waals surface area contributed by atoms with Crippen molar-refractivity contribution in [3.8, 4) is 0 Å². The molecule has 41 heavy (non-hydrogen) atoms. The lowest BCUT2D eigenvalue weighted by Crippen LogP contribution is -2.19. The molecule has 1 unspecified atom stereocenters. The summed E-state index contributed by atoms with van der Waals surface area (Å²) >= 11 is 0. The van der Waals surface area contributed by atoms with Gasteiger partial charge in [-0.1, -0.05) is 78.3 Å². The summed E-state index contributed by atoms with van der Waals surface area (Å²) in [5.74, 6) is 0.740. The molecule has 6 heteroatoms. The molecule has 0 amide bonds. The van der Waals surface area contributed by atoms with Crippen molar-refractivity contribution in [3.05, 3.63) is 77.4 Å². The van der Waals surface area contributed by atoms with Crippen molar-refractivity contribution in [2.75, 3.05) is 6.61 Å². The molecule has 0 radical (unpaired) electrons. The number of carboxylic acid groups (broad SMARTS) is 1. The molecule has 6 nitrogen and oxygen atoms in total. The van der Waals surface area contributed by atoms with Gasteiger partial charge in [0.2, 0.25) is 0 Å². The maximum Gasteiger partial charge on any atom is 0.338 e. The van der Waals surface area contributed by atoms with E-state index in [1.54, 1.807) is 0 Å². The first-order chi connectivity index (χ1) is 19.3. The largest absolute Gasteiger partial charge is 0.491 e. The van der Waals surface area contributed by atoms with Crippen LogP contribution < -0.4 is 0 Å². The minimum Gasteiger partial charge on any atom is -0.491 e. The highest BCUT2D eigenvalue weighted by Gasteiger charge is 2.20. The van der Waals surface area contributed by atoms with Gasteiger partial charge in [-0.3, -0.25) is 4.79 Å². The lowest BCUT2D eigenvalue weighted by molar-refractivity contribution is 0.0397. The topological polar surface area (TPSA) is 89.9 Å². The standard InChI is InChI=1S/C19H28O2.C16H20O4/c1-7-14(2)21-15(3)16-8-10-17(11-9-16)18(20)12-13-19(4,5)6;1-11-2-4-12(5-3-11)10-20-16(19)14-8-6-13(7-9-14)15(17)18/h8-11,14H,3,7,12-13H2,1-2,4-6H3;6-9,11-12H,2-5,10H2,1H3,(H,17,18). The van der Waals surface area contributed by atoms with Gasteiger partial charge in [0.25, 0.3) is 0 Å². The van der Waals surface area contributed by atoms with Crippen LogP contribution in [0.25, 0.3) is 5.76 Å². The Morgan fingerprint density at radius 2 is 1.41 bits per heavy atom. The SMILES string of the molecule is C=C(OC(C)CC)c1ccc(C(=O)CCC(C)(C)C)cc1.CC1CCC(COC(=O)c2ccc(C(=O)O)cc2)CC1. The molecule has 0 spiro atoms. The molecule has 1 atom stereocenters. The fourth-order valence-electron chi connectivity index (χ4n) is 4.39. The van der Waals surface area contributed by atoms with Crippen molar-refractivity contribution in [2.45, 2.75) is 92.6 Å². The van der Waals surface area contributed by atoms with Crippen molar-refractivity contribution in [1.82, 2.24) is 0 Å². The number of ether oxygens (including phenoxy) is 2. The molecule has 0 saturated heterocycles. The highest BCUT2D eigenvalue weighted by Crippen LogP contribution is 2.28. The van der Waals surface area contributed by atoms with Gasteiger partial charge in [-0.25, -0.2) is 9.59 Å². The van der Waals surface area contributed by atoms with E-state index in [1.165, 1.54) is 37.1 Å². The molecule has 0 aliphatic heterocycles. The van der Waals surface area contributed by atoms with E-state index in [0.717, 1.165) is 42.7 Å². The van der Waals surface area contributed by atoms with Crippen molar-refractivity contribution < 1.29 is 29.0 Å². The molecule has 1 N–H and O–H groups in total. The Hall–Kier alpha value is -3.41. The first-order valence-corrected chi connectivity index (χ1v) is 14.8. The van der Waals surface area contributed by atoms with Crippen LogP contribution in [0.1, 0.15) is 123 Å². The number of Topliss-reactive ketones (excluding diaryl/α,β-unsaturated/α-hetero) is 1. The van der Waals surface area contributed by atoms with E-state index in [1.807, 2.05) is 31.2 Å². The monoisotopic (exact) mass is 564 g/mol. The van der Waals surface area contributed by atoms with Gasteiger partial charge in [0.15, 0.2) is 5.78 Å². The maximum absolute atomic E-state index is 12.1. The average molecular weight is 565 g/mol. The maximum atomic E-state index is 12.1. The third-order valence-electron chi connectivity index (χ3n) is 7.50. The van der Waals surface area contributed by atoms with E-state index >= 15 is 0 Å². The van der Waals surface area contributed by atoms with Crippen molar-refractivity contribution in [3.63, 3.8) is 0 Å². The second-order valence-electron chi connectivity index (χ2n) is 12.4. The van der Waals surface area contributed by atoms with Crippen LogP contribution in [0.2, 0.25) is 0 Å². The van der Waals surface area contributed by atoms with Crippen molar-refractivity contribution in [2.24, 2.45) is 17.3 Å². The van der Waals surface area contributed by atoms with Crippen molar-refractivity contribution >= 4 is 23.5 Å². The number of ketones is 1. The predicted molar refractivity (Wildman–Crippen MR) is 164 cm³/mol. The Bertz CT molecular complexity index is 1130. The fraction of sp³-hybridized carbons (Fsp3) is 0.514. The van der Waals surface area contributed by atoms with Crippen LogP contribution in [0.15, 0.2) is 55.1 Å². The van der Waals surface area contributed by atoms with Gasteiger partial charge < -0.3 is 14.6 Å². The number of carbonyl (C=O) groups is 3. The number of aromatic carboxylic acids is 1. The summed E-state index contributed by atoms with van der Waals surface area (Å²) in [5, 5.41) is 8.79. The normalized spacial score (nSPS) is 17.4. The molecule has 2 aromatic carbocycles. The Morgan fingerprint density at radius 3 is 1.93 bits per heavy atom. The molecule has 3 rings (SSSR count). The minimum atomic E-state index is -0.999. The fourth-order valence-corrected chi connectivity index (χ4v) is 4.39. The van der Waals surface area contributed by atoms with Gasteiger partial charge >= 0.3 is 11.9 Å². The van der Waals surface area contributed by atoms with Gasteiger partial charge in [-0.2, -0.15) is 0 Å². The predicted octanol–water partition coefficient (Wildman–Crippen LogP) is 8.85. The number of hydrogen-bond acceptors (Lipinski definition) is 5. The zero-order valence-electron chi connectivity index (χ0n) is 25.7. The van der Waals surface area contributed by atoms with E-state index in [9.17, 15) is 14.4 Å². The summed E-state index contributed by atoms with van der Waals surface area (Å²) in [4.78, 5) is 34.7. The Morgan fingerprint density at radius 1 is 0.902 bits per heavy atom. The summed E-state index contributed by atoms with van der Waals surface area (Å²) in [5.41, 5.74) is 2.46. The van der Waals surface area contributed by atoms with E-state index in [2.05, 4.69) is 41.2 Å². The molecule has 1 aliphatic carbocycles. The first-order valence-electron chi connectivity index (χ1n) is 14.8. The molecule has 0 aromatic heterocycles. The van der Waals surface area contributed by atoms with E-state index in [-0.39, 0.29) is 28.8 Å². The second-order valence-corrected chi connectivity index (χ2v) is 12.4. The number of hydrogen-bond donors (Lipinski definition) is 1. The highest BCUT2D eigenvalue weighted by molar-refractivity contribution is 5.96. The van der Waals surface area contributed by atoms with Gasteiger partial charge in [-0.05, 0) is 74.1 Å². The first kappa shape index (κ1) is 33.8. The number of carboxylic acids is 1. The van der Waals surface area contributed by atoms with E-state index in [0.29, 0.717) is 30.3 Å². The highest BCUT2D eigenvalue weighted by atomic mass is 16.5. The molecule has 1 saturated carbocycles. The molecular weight excluding hydrogens is 516 g/mol. The zero-order chi connectivity index (χ0) is 30.6. The Balaban J connectivity index is 0.000000287. The zero-order valence-corrected chi connectivity index (χ0v) is 25.7. The van der Waals surface area contributed by atoms with E-state index in [4.69, 9.17) is 14.6 Å². The molecule has 1 aliphatic rings. The molecule has 224 valence electrons. The number of rotatable bonds is 11. The molecule has 0 heterocycles. The van der Waals surface area contributed by atoms with Crippen LogP contribution in [0, 0.1) is 17.3 Å². The van der Waals surface area contributed by atoms with Gasteiger partial charge in [-0.15, -0.1) is 0 Å². The summed E-state index contributed by atoms with van der Waals surface area (Å²) in [6, 6.07) is 13.4. The Kier molecular flexibility index (Phi) is 13.3. The molecule has 1 fully saturated rings. The average Bonchev–Trinajstić information content (AvgIpc) is 2.95.